The van der Waals surface area contributed by atoms with Crippen LogP contribution in [0.5, 0.6) is 5.88 Å². The maximum absolute atomic E-state index is 10.5. The van der Waals surface area contributed by atoms with Gasteiger partial charge in [0.05, 0.1) is 6.54 Å². The van der Waals surface area contributed by atoms with E-state index in [4.69, 9.17) is 5.11 Å². The second kappa shape index (κ2) is 6.85. The van der Waals surface area contributed by atoms with Crippen LogP contribution in [0, 0.1) is 0 Å². The monoisotopic (exact) mass is 238 g/mol. The van der Waals surface area contributed by atoms with Gasteiger partial charge in [0, 0.05) is 24.2 Å². The predicted molar refractivity (Wildman–Crippen MR) is 63.9 cm³/mol. The number of aliphatic carboxylic acids is 1. The summed E-state index contributed by atoms with van der Waals surface area (Å²) in [5.41, 5.74) is 0.765. The number of hydrogen-bond acceptors (Lipinski definition) is 4. The van der Waals surface area contributed by atoms with Crippen molar-refractivity contribution in [1.29, 1.82) is 0 Å². The van der Waals surface area contributed by atoms with E-state index in [1.165, 1.54) is 6.07 Å². The molecule has 0 aromatic carbocycles. The molecule has 1 heterocycles. The van der Waals surface area contributed by atoms with Crippen molar-refractivity contribution in [1.82, 2.24) is 10.3 Å². The van der Waals surface area contributed by atoms with Crippen LogP contribution in [0.2, 0.25) is 0 Å². The number of nitrogens with zero attached hydrogens (tertiary/aromatic N) is 1. The third-order valence-corrected chi connectivity index (χ3v) is 2.43. The van der Waals surface area contributed by atoms with Gasteiger partial charge >= 0.3 is 5.97 Å². The van der Waals surface area contributed by atoms with Gasteiger partial charge in [0.2, 0.25) is 5.88 Å². The molecule has 0 bridgehead atoms. The highest BCUT2D eigenvalue weighted by molar-refractivity contribution is 5.69. The zero-order valence-electron chi connectivity index (χ0n) is 9.89. The third-order valence-electron chi connectivity index (χ3n) is 2.43. The van der Waals surface area contributed by atoms with Gasteiger partial charge in [0.15, 0.2) is 0 Å². The van der Waals surface area contributed by atoms with Crippen molar-refractivity contribution < 1.29 is 15.0 Å². The summed E-state index contributed by atoms with van der Waals surface area (Å²) < 4.78 is 0. The van der Waals surface area contributed by atoms with Crippen LogP contribution in [0.25, 0.3) is 0 Å². The second-order valence-corrected chi connectivity index (χ2v) is 3.95. The molecule has 0 saturated heterocycles. The van der Waals surface area contributed by atoms with E-state index in [0.29, 0.717) is 6.42 Å². The Morgan fingerprint density at radius 3 is 2.88 bits per heavy atom. The zero-order chi connectivity index (χ0) is 12.7. The Kier molecular flexibility index (Phi) is 5.42. The molecule has 94 valence electrons. The Morgan fingerprint density at radius 2 is 2.29 bits per heavy atom. The minimum atomic E-state index is -0.866. The van der Waals surface area contributed by atoms with Crippen molar-refractivity contribution in [2.75, 3.05) is 6.54 Å². The molecule has 1 atom stereocenters. The largest absolute Gasteiger partial charge is 0.493 e. The number of carboxylic acid groups (broad SMARTS) is 1. The Labute approximate surface area is 101 Å². The van der Waals surface area contributed by atoms with Crippen molar-refractivity contribution in [3.63, 3.8) is 0 Å². The van der Waals surface area contributed by atoms with Crippen molar-refractivity contribution in [3.8, 4) is 5.88 Å². The molecule has 0 saturated carbocycles. The van der Waals surface area contributed by atoms with E-state index in [2.05, 4.69) is 10.3 Å². The average Bonchev–Trinajstić information content (AvgIpc) is 2.26. The molecule has 1 unspecified atom stereocenters. The van der Waals surface area contributed by atoms with Gasteiger partial charge in [-0.05, 0) is 12.5 Å². The summed E-state index contributed by atoms with van der Waals surface area (Å²) in [6.45, 7) is 1.99. The van der Waals surface area contributed by atoms with E-state index in [-0.39, 0.29) is 18.5 Å². The van der Waals surface area contributed by atoms with Gasteiger partial charge in [0.25, 0.3) is 0 Å². The van der Waals surface area contributed by atoms with Gasteiger partial charge in [-0.1, -0.05) is 19.4 Å². The highest BCUT2D eigenvalue weighted by Gasteiger charge is 2.11. The number of nitrogens with one attached hydrogen (secondary N) is 1. The van der Waals surface area contributed by atoms with E-state index in [0.717, 1.165) is 18.5 Å². The fourth-order valence-electron chi connectivity index (χ4n) is 1.69. The zero-order valence-corrected chi connectivity index (χ0v) is 9.89. The van der Waals surface area contributed by atoms with Crippen molar-refractivity contribution in [3.05, 3.63) is 23.9 Å². The SMILES string of the molecule is CCCC(Cc1cccc(O)n1)NCC(=O)O. The fourth-order valence-corrected chi connectivity index (χ4v) is 1.69. The standard InChI is InChI=1S/C12H18N2O3/c1-2-4-9(13-8-12(16)17)7-10-5-3-6-11(15)14-10/h3,5-6,9,13H,2,4,7-8H2,1H3,(H,14,15)(H,16,17). The summed E-state index contributed by atoms with van der Waals surface area (Å²) >= 11 is 0. The molecular weight excluding hydrogens is 220 g/mol. The van der Waals surface area contributed by atoms with Gasteiger partial charge in [-0.15, -0.1) is 0 Å². The number of carboxylic acids is 1. The van der Waals surface area contributed by atoms with Crippen molar-refractivity contribution >= 4 is 5.97 Å². The molecule has 1 rings (SSSR count). The summed E-state index contributed by atoms with van der Waals surface area (Å²) in [5.74, 6) is -0.869. The average molecular weight is 238 g/mol. The van der Waals surface area contributed by atoms with E-state index >= 15 is 0 Å². The van der Waals surface area contributed by atoms with Crippen LogP contribution in [-0.2, 0) is 11.2 Å². The first-order valence-electron chi connectivity index (χ1n) is 5.72. The first-order chi connectivity index (χ1) is 8.11. The maximum atomic E-state index is 10.5. The van der Waals surface area contributed by atoms with Crippen LogP contribution in [-0.4, -0.2) is 33.8 Å². The summed E-state index contributed by atoms with van der Waals surface area (Å²) in [7, 11) is 0. The number of rotatable bonds is 7. The number of aromatic hydroxyl groups is 1. The maximum Gasteiger partial charge on any atom is 0.317 e. The molecule has 1 aromatic rings. The van der Waals surface area contributed by atoms with Crippen LogP contribution in [0.3, 0.4) is 0 Å². The minimum absolute atomic E-state index is 0.00372. The fraction of sp³-hybridized carbons (Fsp3) is 0.500. The molecule has 0 amide bonds. The third kappa shape index (κ3) is 5.31. The Hall–Kier alpha value is -1.62. The summed E-state index contributed by atoms with van der Waals surface area (Å²) in [6, 6.07) is 5.15. The van der Waals surface area contributed by atoms with Gasteiger partial charge < -0.3 is 15.5 Å². The van der Waals surface area contributed by atoms with Crippen LogP contribution in [0.4, 0.5) is 0 Å². The molecule has 3 N–H and O–H groups in total. The van der Waals surface area contributed by atoms with Crippen LogP contribution >= 0.6 is 0 Å². The first-order valence-corrected chi connectivity index (χ1v) is 5.72. The number of carbonyl (C=O) groups is 1. The van der Waals surface area contributed by atoms with Gasteiger partial charge in [-0.2, -0.15) is 0 Å². The van der Waals surface area contributed by atoms with E-state index in [1.807, 2.05) is 13.0 Å². The lowest BCUT2D eigenvalue weighted by molar-refractivity contribution is -0.136. The Bertz CT molecular complexity index is 369. The van der Waals surface area contributed by atoms with Crippen LogP contribution < -0.4 is 5.32 Å². The highest BCUT2D eigenvalue weighted by Crippen LogP contribution is 2.09. The van der Waals surface area contributed by atoms with E-state index in [1.54, 1.807) is 6.07 Å². The van der Waals surface area contributed by atoms with Gasteiger partial charge in [-0.25, -0.2) is 4.98 Å². The molecular formula is C12H18N2O3. The normalized spacial score (nSPS) is 12.3. The second-order valence-electron chi connectivity index (χ2n) is 3.95. The molecule has 0 spiro atoms. The first kappa shape index (κ1) is 13.4. The molecule has 1 aromatic heterocycles. The van der Waals surface area contributed by atoms with Crippen molar-refractivity contribution in [2.24, 2.45) is 0 Å². The lowest BCUT2D eigenvalue weighted by atomic mass is 10.1. The molecule has 0 aliphatic carbocycles. The molecule has 0 aliphatic rings. The lowest BCUT2D eigenvalue weighted by Crippen LogP contribution is -2.35. The van der Waals surface area contributed by atoms with Gasteiger partial charge in [0.1, 0.15) is 0 Å². The number of pyridine rings is 1. The summed E-state index contributed by atoms with van der Waals surface area (Å²) in [5, 5.41) is 20.8. The topological polar surface area (TPSA) is 82.5 Å². The molecule has 5 heteroatoms. The Balaban J connectivity index is 2.56. The lowest BCUT2D eigenvalue weighted by Gasteiger charge is -2.16. The predicted octanol–water partition coefficient (Wildman–Crippen LogP) is 1.17. The van der Waals surface area contributed by atoms with E-state index in [9.17, 15) is 9.90 Å². The highest BCUT2D eigenvalue weighted by atomic mass is 16.4. The molecule has 17 heavy (non-hydrogen) atoms. The minimum Gasteiger partial charge on any atom is -0.493 e. The number of aromatic nitrogens is 1. The molecule has 0 aliphatic heterocycles. The summed E-state index contributed by atoms with van der Waals surface area (Å²) in [4.78, 5) is 14.5. The molecule has 0 radical (unpaired) electrons. The van der Waals surface area contributed by atoms with E-state index < -0.39 is 5.97 Å². The van der Waals surface area contributed by atoms with Crippen molar-refractivity contribution in [2.45, 2.75) is 32.2 Å². The number of hydrogen-bond donors (Lipinski definition) is 3. The molecule has 5 nitrogen and oxygen atoms in total. The quantitative estimate of drug-likeness (QED) is 0.664. The van der Waals surface area contributed by atoms with Gasteiger partial charge in [-0.3, -0.25) is 4.79 Å². The van der Waals surface area contributed by atoms with Crippen LogP contribution in [0.15, 0.2) is 18.2 Å². The Morgan fingerprint density at radius 1 is 1.53 bits per heavy atom. The molecule has 0 fully saturated rings. The smallest absolute Gasteiger partial charge is 0.317 e. The summed E-state index contributed by atoms with van der Waals surface area (Å²) in [6.07, 6.45) is 2.47. The van der Waals surface area contributed by atoms with Crippen LogP contribution in [0.1, 0.15) is 25.5 Å².